The van der Waals surface area contributed by atoms with Crippen molar-refractivity contribution in [1.29, 1.82) is 5.26 Å². The van der Waals surface area contributed by atoms with Gasteiger partial charge < -0.3 is 9.64 Å². The number of rotatable bonds is 2. The molecule has 2 heterocycles. The number of ether oxygens (including phenoxy) is 1. The summed E-state index contributed by atoms with van der Waals surface area (Å²) in [7, 11) is 1.41. The second kappa shape index (κ2) is 5.43. The van der Waals surface area contributed by atoms with Gasteiger partial charge in [0.05, 0.1) is 18.0 Å². The number of nitrogens with zero attached hydrogens (tertiary/aromatic N) is 2. The molecule has 1 aromatic rings. The van der Waals surface area contributed by atoms with Crippen molar-refractivity contribution in [2.24, 2.45) is 0 Å². The maximum absolute atomic E-state index is 14.0. The van der Waals surface area contributed by atoms with E-state index in [1.54, 1.807) is 25.1 Å². The molecule has 22 heavy (non-hydrogen) atoms. The van der Waals surface area contributed by atoms with E-state index in [0.717, 1.165) is 16.9 Å². The molecule has 3 rings (SSSR count). The van der Waals surface area contributed by atoms with E-state index in [9.17, 15) is 9.18 Å². The fourth-order valence-electron chi connectivity index (χ4n) is 2.64. The average Bonchev–Trinajstić information content (AvgIpc) is 3.09. The van der Waals surface area contributed by atoms with Crippen molar-refractivity contribution in [2.45, 2.75) is 19.4 Å². The number of allylic oxidation sites excluding steroid dienone is 2. The lowest BCUT2D eigenvalue weighted by Crippen LogP contribution is -2.36. The van der Waals surface area contributed by atoms with E-state index in [1.807, 2.05) is 6.07 Å². The zero-order chi connectivity index (χ0) is 15.9. The molecule has 0 N–H and O–H groups in total. The van der Waals surface area contributed by atoms with Crippen LogP contribution in [0.15, 0.2) is 41.1 Å². The van der Waals surface area contributed by atoms with Crippen LogP contribution in [0, 0.1) is 17.4 Å². The number of carbonyl (C=O) groups is 1. The lowest BCUT2D eigenvalue weighted by molar-refractivity contribution is 0.0780. The minimum Gasteiger partial charge on any atom is -0.494 e. The Morgan fingerprint density at radius 2 is 2.36 bits per heavy atom. The number of nitriles is 1. The maximum atomic E-state index is 14.0. The van der Waals surface area contributed by atoms with E-state index in [1.165, 1.54) is 12.0 Å². The highest BCUT2D eigenvalue weighted by Crippen LogP contribution is 2.37. The number of hydrogen-bond donors (Lipinski definition) is 0. The molecule has 1 aliphatic heterocycles. The van der Waals surface area contributed by atoms with Gasteiger partial charge in [0.2, 0.25) is 0 Å². The molecule has 1 aromatic heterocycles. The smallest absolute Gasteiger partial charge is 0.268 e. The Morgan fingerprint density at radius 3 is 3.00 bits per heavy atom. The van der Waals surface area contributed by atoms with E-state index in [0.29, 0.717) is 15.5 Å². The molecule has 0 spiro atoms. The number of halogens is 1. The summed E-state index contributed by atoms with van der Waals surface area (Å²) in [4.78, 5) is 15.1. The third kappa shape index (κ3) is 2.24. The molecule has 0 bridgehead atoms. The predicted octanol–water partition coefficient (Wildman–Crippen LogP) is 3.31. The number of methoxy groups -OCH3 is 1. The Balaban J connectivity index is 1.92. The maximum Gasteiger partial charge on any atom is 0.268 e. The molecule has 0 saturated carbocycles. The lowest BCUT2D eigenvalue weighted by Gasteiger charge is -2.28. The lowest BCUT2D eigenvalue weighted by atomic mass is 9.98. The second-order valence-electron chi connectivity index (χ2n) is 4.95. The Labute approximate surface area is 131 Å². The normalized spacial score (nSPS) is 20.3. The van der Waals surface area contributed by atoms with Crippen molar-refractivity contribution in [3.05, 3.63) is 56.9 Å². The van der Waals surface area contributed by atoms with E-state index >= 15 is 0 Å². The van der Waals surface area contributed by atoms with Gasteiger partial charge in [0.1, 0.15) is 16.8 Å². The first kappa shape index (κ1) is 14.5. The van der Waals surface area contributed by atoms with Gasteiger partial charge in [0.25, 0.3) is 5.91 Å². The molecule has 1 atom stereocenters. The number of fused-ring (bicyclic) bond motifs is 1. The van der Waals surface area contributed by atoms with Gasteiger partial charge >= 0.3 is 0 Å². The molecule has 0 aromatic carbocycles. The molecule has 111 valence electrons. The van der Waals surface area contributed by atoms with E-state index in [2.05, 4.69) is 6.08 Å². The highest BCUT2D eigenvalue weighted by atomic mass is 32.1. The van der Waals surface area contributed by atoms with Gasteiger partial charge in [0, 0.05) is 18.2 Å². The summed E-state index contributed by atoms with van der Waals surface area (Å²) in [5, 5.41) is 8.87. The monoisotopic (exact) mass is 315 g/mol. The van der Waals surface area contributed by atoms with Crippen LogP contribution in [-0.2, 0) is 4.74 Å². The summed E-state index contributed by atoms with van der Waals surface area (Å²) >= 11 is 1.13. The number of amides is 1. The molecule has 1 unspecified atom stereocenters. The molecule has 4 nitrogen and oxygen atoms in total. The van der Waals surface area contributed by atoms with E-state index in [4.69, 9.17) is 10.00 Å². The summed E-state index contributed by atoms with van der Waals surface area (Å²) in [5.74, 6) is -0.434. The largest absolute Gasteiger partial charge is 0.494 e. The zero-order valence-electron chi connectivity index (χ0n) is 12.0. The first-order valence-corrected chi connectivity index (χ1v) is 7.45. The van der Waals surface area contributed by atoms with Crippen LogP contribution in [0.4, 0.5) is 4.39 Å². The fraction of sp³-hybridized carbons (Fsp3) is 0.250. The first-order chi connectivity index (χ1) is 10.5. The van der Waals surface area contributed by atoms with Crippen LogP contribution in [0.25, 0.3) is 0 Å². The van der Waals surface area contributed by atoms with Gasteiger partial charge in [-0.25, -0.2) is 4.39 Å². The van der Waals surface area contributed by atoms with Crippen LogP contribution in [0.2, 0.25) is 0 Å². The summed E-state index contributed by atoms with van der Waals surface area (Å²) in [6.07, 6.45) is 4.75. The van der Waals surface area contributed by atoms with Crippen molar-refractivity contribution in [1.82, 2.24) is 4.90 Å². The average molecular weight is 315 g/mol. The van der Waals surface area contributed by atoms with Gasteiger partial charge in [-0.15, -0.1) is 11.3 Å². The number of carbonyl (C=O) groups excluding carboxylic acids is 1. The molecule has 2 aliphatic rings. The van der Waals surface area contributed by atoms with Crippen molar-refractivity contribution < 1.29 is 13.9 Å². The van der Waals surface area contributed by atoms with Gasteiger partial charge in [-0.3, -0.25) is 4.79 Å². The van der Waals surface area contributed by atoms with Crippen LogP contribution >= 0.6 is 11.3 Å². The number of thiophene rings is 1. The molecular formula is C16H12FN2O2S. The molecule has 1 amide bonds. The molecule has 0 saturated heterocycles. The first-order valence-electron chi connectivity index (χ1n) is 6.63. The quantitative estimate of drug-likeness (QED) is 0.841. The van der Waals surface area contributed by atoms with Crippen LogP contribution in [-0.4, -0.2) is 24.0 Å². The van der Waals surface area contributed by atoms with E-state index < -0.39 is 6.04 Å². The van der Waals surface area contributed by atoms with Crippen LogP contribution in [0.3, 0.4) is 0 Å². The highest BCUT2D eigenvalue weighted by Gasteiger charge is 2.37. The van der Waals surface area contributed by atoms with E-state index in [-0.39, 0.29) is 23.9 Å². The van der Waals surface area contributed by atoms with Crippen molar-refractivity contribution in [3.8, 4) is 6.07 Å². The highest BCUT2D eigenvalue weighted by molar-refractivity contribution is 7.14. The van der Waals surface area contributed by atoms with Gasteiger partial charge in [-0.05, 0) is 30.7 Å². The van der Waals surface area contributed by atoms with Crippen LogP contribution in [0.1, 0.15) is 27.9 Å². The molecule has 1 radical (unpaired) electrons. The van der Waals surface area contributed by atoms with Crippen molar-refractivity contribution in [2.75, 3.05) is 7.11 Å². The topological polar surface area (TPSA) is 53.3 Å². The minimum absolute atomic E-state index is 0.0710. The third-order valence-electron chi connectivity index (χ3n) is 3.65. The Bertz CT molecular complexity index is 782. The minimum atomic E-state index is -0.404. The van der Waals surface area contributed by atoms with Crippen LogP contribution < -0.4 is 0 Å². The third-order valence-corrected chi connectivity index (χ3v) is 4.63. The Morgan fingerprint density at radius 1 is 1.59 bits per heavy atom. The second-order valence-corrected chi connectivity index (χ2v) is 6.04. The predicted molar refractivity (Wildman–Crippen MR) is 79.3 cm³/mol. The zero-order valence-corrected chi connectivity index (χ0v) is 12.8. The fourth-order valence-corrected chi connectivity index (χ4v) is 3.38. The van der Waals surface area contributed by atoms with Gasteiger partial charge in [-0.1, -0.05) is 0 Å². The number of hydrogen-bond acceptors (Lipinski definition) is 4. The summed E-state index contributed by atoms with van der Waals surface area (Å²) < 4.78 is 19.0. The molecule has 0 fully saturated rings. The van der Waals surface area contributed by atoms with Crippen LogP contribution in [0.5, 0.6) is 0 Å². The Hall–Kier alpha value is -2.39. The van der Waals surface area contributed by atoms with Gasteiger partial charge in [-0.2, -0.15) is 5.26 Å². The Kier molecular flexibility index (Phi) is 3.59. The molecule has 6 heteroatoms. The van der Waals surface area contributed by atoms with Crippen molar-refractivity contribution >= 4 is 17.2 Å². The SMILES string of the molecule is COC1=C(F)CC2C(=C1)[C]=C(C)N2C(=O)c1ccc(C#N)s1. The summed E-state index contributed by atoms with van der Waals surface area (Å²) in [6, 6.07) is 4.84. The summed E-state index contributed by atoms with van der Waals surface area (Å²) in [5.41, 5.74) is 1.37. The standard InChI is InChI=1S/C16H12FN2O2S/c1-9-5-10-6-14(21-2)12(17)7-13(10)19(9)16(20)15-4-3-11(8-18)22-15/h3-4,6,13H,7H2,1-2H3. The molecule has 1 aliphatic carbocycles. The van der Waals surface area contributed by atoms with Gasteiger partial charge in [0.15, 0.2) is 5.76 Å². The summed E-state index contributed by atoms with van der Waals surface area (Å²) in [6.45, 7) is 1.76. The van der Waals surface area contributed by atoms with Crippen molar-refractivity contribution in [3.63, 3.8) is 0 Å². The molecular weight excluding hydrogens is 303 g/mol.